The molecular weight excluding hydrogens is 200 g/mol. The van der Waals surface area contributed by atoms with Gasteiger partial charge in [-0.1, -0.05) is 6.42 Å². The van der Waals surface area contributed by atoms with Crippen LogP contribution >= 0.6 is 0 Å². The molecule has 2 N–H and O–H groups in total. The predicted molar refractivity (Wildman–Crippen MR) is 63.0 cm³/mol. The van der Waals surface area contributed by atoms with Crippen LogP contribution in [0.3, 0.4) is 0 Å². The second kappa shape index (κ2) is 3.71. The number of rotatable bonds is 4. The zero-order valence-corrected chi connectivity index (χ0v) is 10.1. The first kappa shape index (κ1) is 11.0. The Kier molecular flexibility index (Phi) is 2.56. The van der Waals surface area contributed by atoms with Gasteiger partial charge in [0, 0.05) is 13.2 Å². The molecule has 3 aliphatic carbocycles. The van der Waals surface area contributed by atoms with Gasteiger partial charge in [-0.3, -0.25) is 0 Å². The summed E-state index contributed by atoms with van der Waals surface area (Å²) in [6, 6.07) is 0. The first-order chi connectivity index (χ1) is 7.78. The lowest BCUT2D eigenvalue weighted by Gasteiger charge is -2.48. The van der Waals surface area contributed by atoms with E-state index in [1.165, 1.54) is 38.5 Å². The van der Waals surface area contributed by atoms with Crippen molar-refractivity contribution >= 4 is 0 Å². The third-order valence-electron chi connectivity index (χ3n) is 6.27. The number of fused-ring (bicyclic) bond motifs is 5. The minimum atomic E-state index is 0.340. The summed E-state index contributed by atoms with van der Waals surface area (Å²) in [5.41, 5.74) is 0.809. The van der Waals surface area contributed by atoms with Crippen molar-refractivity contribution in [3.05, 3.63) is 0 Å². The van der Waals surface area contributed by atoms with Crippen molar-refractivity contribution < 1.29 is 10.2 Å². The Hall–Kier alpha value is -0.0800. The molecule has 0 aromatic rings. The number of aliphatic hydroxyl groups excluding tert-OH is 2. The first-order valence-corrected chi connectivity index (χ1v) is 7.00. The van der Waals surface area contributed by atoms with Crippen LogP contribution in [0.15, 0.2) is 0 Å². The van der Waals surface area contributed by atoms with E-state index in [0.29, 0.717) is 24.0 Å². The van der Waals surface area contributed by atoms with Crippen LogP contribution in [0, 0.1) is 22.7 Å². The molecule has 0 amide bonds. The highest BCUT2D eigenvalue weighted by molar-refractivity contribution is 5.15. The van der Waals surface area contributed by atoms with Crippen LogP contribution in [-0.2, 0) is 0 Å². The van der Waals surface area contributed by atoms with E-state index in [2.05, 4.69) is 0 Å². The lowest BCUT2D eigenvalue weighted by Crippen LogP contribution is -2.42. The van der Waals surface area contributed by atoms with E-state index in [1.54, 1.807) is 0 Å². The molecule has 0 aromatic carbocycles. The largest absolute Gasteiger partial charge is 0.396 e. The molecule has 0 aromatic heterocycles. The van der Waals surface area contributed by atoms with Gasteiger partial charge in [-0.15, -0.1) is 0 Å². The van der Waals surface area contributed by atoms with Gasteiger partial charge in [0.15, 0.2) is 0 Å². The van der Waals surface area contributed by atoms with E-state index < -0.39 is 0 Å². The summed E-state index contributed by atoms with van der Waals surface area (Å²) in [6.07, 6.45) is 10.1. The van der Waals surface area contributed by atoms with Gasteiger partial charge in [0.25, 0.3) is 0 Å². The molecule has 0 radical (unpaired) electrons. The lowest BCUT2D eigenvalue weighted by molar-refractivity contribution is -0.0174. The van der Waals surface area contributed by atoms with Gasteiger partial charge in [0.05, 0.1) is 0 Å². The van der Waals surface area contributed by atoms with Crippen molar-refractivity contribution in [3.63, 3.8) is 0 Å². The number of hydrogen-bond donors (Lipinski definition) is 2. The Bertz CT molecular complexity index is 278. The average Bonchev–Trinajstić information content (AvgIpc) is 2.88. The Morgan fingerprint density at radius 2 is 1.81 bits per heavy atom. The monoisotopic (exact) mass is 224 g/mol. The summed E-state index contributed by atoms with van der Waals surface area (Å²) in [6.45, 7) is 0.684. The van der Waals surface area contributed by atoms with Gasteiger partial charge in [-0.05, 0) is 67.6 Å². The van der Waals surface area contributed by atoms with Crippen LogP contribution < -0.4 is 0 Å². The van der Waals surface area contributed by atoms with Crippen molar-refractivity contribution in [3.8, 4) is 0 Å². The highest BCUT2D eigenvalue weighted by Crippen LogP contribution is 2.74. The van der Waals surface area contributed by atoms with Gasteiger partial charge in [-0.25, -0.2) is 0 Å². The molecule has 0 saturated heterocycles. The zero-order chi connectivity index (χ0) is 11.2. The highest BCUT2D eigenvalue weighted by Gasteiger charge is 2.66. The first-order valence-electron chi connectivity index (χ1n) is 7.00. The second-order valence-corrected chi connectivity index (χ2v) is 6.39. The van der Waals surface area contributed by atoms with Gasteiger partial charge < -0.3 is 10.2 Å². The van der Waals surface area contributed by atoms with Gasteiger partial charge in [0.2, 0.25) is 0 Å². The van der Waals surface area contributed by atoms with Gasteiger partial charge in [-0.2, -0.15) is 0 Å². The van der Waals surface area contributed by atoms with Crippen molar-refractivity contribution in [1.29, 1.82) is 0 Å². The summed E-state index contributed by atoms with van der Waals surface area (Å²) in [7, 11) is 0. The Balaban J connectivity index is 1.95. The van der Waals surface area contributed by atoms with Gasteiger partial charge in [0.1, 0.15) is 0 Å². The van der Waals surface area contributed by atoms with Crippen LogP contribution in [0.25, 0.3) is 0 Å². The van der Waals surface area contributed by atoms with Crippen LogP contribution in [0.2, 0.25) is 0 Å². The minimum Gasteiger partial charge on any atom is -0.396 e. The predicted octanol–water partition coefficient (Wildman–Crippen LogP) is 2.34. The summed E-state index contributed by atoms with van der Waals surface area (Å²) in [5.74, 6) is 1.79. The molecule has 4 unspecified atom stereocenters. The molecule has 92 valence electrons. The summed E-state index contributed by atoms with van der Waals surface area (Å²) in [4.78, 5) is 0. The molecule has 3 fully saturated rings. The fourth-order valence-corrected chi connectivity index (χ4v) is 5.87. The molecule has 16 heavy (non-hydrogen) atoms. The van der Waals surface area contributed by atoms with Crippen LogP contribution in [0.4, 0.5) is 0 Å². The fraction of sp³-hybridized carbons (Fsp3) is 1.00. The maximum atomic E-state index is 9.42. The normalized spacial score (nSPS) is 49.9. The topological polar surface area (TPSA) is 40.5 Å². The molecule has 0 heterocycles. The Morgan fingerprint density at radius 3 is 2.56 bits per heavy atom. The third-order valence-corrected chi connectivity index (χ3v) is 6.27. The van der Waals surface area contributed by atoms with Crippen molar-refractivity contribution in [2.24, 2.45) is 22.7 Å². The SMILES string of the molecule is OCCC12CCC(C1)C1CCCC12CCO. The molecule has 0 aliphatic heterocycles. The molecule has 2 nitrogen and oxygen atoms in total. The molecule has 3 rings (SSSR count). The highest BCUT2D eigenvalue weighted by atomic mass is 16.3. The molecule has 2 bridgehead atoms. The van der Waals surface area contributed by atoms with Crippen LogP contribution in [0.5, 0.6) is 0 Å². The van der Waals surface area contributed by atoms with E-state index in [1.807, 2.05) is 0 Å². The van der Waals surface area contributed by atoms with E-state index in [4.69, 9.17) is 0 Å². The van der Waals surface area contributed by atoms with Crippen molar-refractivity contribution in [1.82, 2.24) is 0 Å². The zero-order valence-electron chi connectivity index (χ0n) is 10.1. The third kappa shape index (κ3) is 1.15. The maximum Gasteiger partial charge on any atom is 0.0436 e. The van der Waals surface area contributed by atoms with Crippen LogP contribution in [0.1, 0.15) is 51.4 Å². The Labute approximate surface area is 98.1 Å². The summed E-state index contributed by atoms with van der Waals surface area (Å²) in [5, 5.41) is 18.8. The van der Waals surface area contributed by atoms with E-state index in [-0.39, 0.29) is 0 Å². The summed E-state index contributed by atoms with van der Waals surface area (Å²) < 4.78 is 0. The molecule has 4 atom stereocenters. The van der Waals surface area contributed by atoms with Crippen molar-refractivity contribution in [2.75, 3.05) is 13.2 Å². The average molecular weight is 224 g/mol. The molecular formula is C14H24O2. The fourth-order valence-electron chi connectivity index (χ4n) is 5.87. The smallest absolute Gasteiger partial charge is 0.0436 e. The molecule has 3 aliphatic rings. The van der Waals surface area contributed by atoms with E-state index in [9.17, 15) is 10.2 Å². The minimum absolute atomic E-state index is 0.340. The number of hydrogen-bond acceptors (Lipinski definition) is 2. The quantitative estimate of drug-likeness (QED) is 0.769. The lowest BCUT2D eigenvalue weighted by atomic mass is 9.57. The molecule has 2 heteroatoms. The summed E-state index contributed by atoms with van der Waals surface area (Å²) >= 11 is 0. The second-order valence-electron chi connectivity index (χ2n) is 6.39. The maximum absolute atomic E-state index is 9.42. The van der Waals surface area contributed by atoms with E-state index >= 15 is 0 Å². The molecule has 0 spiro atoms. The van der Waals surface area contributed by atoms with Crippen molar-refractivity contribution in [2.45, 2.75) is 51.4 Å². The van der Waals surface area contributed by atoms with Gasteiger partial charge >= 0.3 is 0 Å². The van der Waals surface area contributed by atoms with E-state index in [0.717, 1.165) is 24.7 Å². The number of aliphatic hydroxyl groups is 2. The Morgan fingerprint density at radius 1 is 1.00 bits per heavy atom. The standard InChI is InChI=1S/C14H24O2/c15-8-6-13-5-3-11(10-13)12-2-1-4-14(12,13)7-9-16/h11-12,15-16H,1-10H2. The van der Waals surface area contributed by atoms with Crippen LogP contribution in [-0.4, -0.2) is 23.4 Å². The molecule has 3 saturated carbocycles.